The third-order valence-electron chi connectivity index (χ3n) is 4.10. The first-order valence-corrected chi connectivity index (χ1v) is 8.57. The standard InChI is InChI=1S/C17H15N3O3S/c21-15(13-9-11-3-1-2-4-14(11)23-16(13)22)19-12-5-7-20(10-12)17-18-6-8-24-17/h1-4,6,8-9,12H,5,7,10H2,(H,19,21). The second kappa shape index (κ2) is 6.09. The lowest BCUT2D eigenvalue weighted by Gasteiger charge is -2.15. The first kappa shape index (κ1) is 14.9. The number of para-hydroxylation sites is 1. The number of fused-ring (bicyclic) bond motifs is 1. The molecule has 4 rings (SSSR count). The van der Waals surface area contributed by atoms with Crippen LogP contribution in [-0.2, 0) is 0 Å². The van der Waals surface area contributed by atoms with Crippen molar-refractivity contribution in [2.75, 3.05) is 18.0 Å². The highest BCUT2D eigenvalue weighted by molar-refractivity contribution is 7.13. The van der Waals surface area contributed by atoms with E-state index in [-0.39, 0.29) is 17.5 Å². The van der Waals surface area contributed by atoms with Crippen molar-refractivity contribution in [1.29, 1.82) is 0 Å². The minimum absolute atomic E-state index is 0.00716. The number of anilines is 1. The third-order valence-corrected chi connectivity index (χ3v) is 4.93. The summed E-state index contributed by atoms with van der Waals surface area (Å²) in [7, 11) is 0. The van der Waals surface area contributed by atoms with E-state index in [4.69, 9.17) is 4.42 Å². The number of benzene rings is 1. The van der Waals surface area contributed by atoms with Gasteiger partial charge in [0.25, 0.3) is 5.91 Å². The number of rotatable bonds is 3. The van der Waals surface area contributed by atoms with E-state index in [1.165, 1.54) is 0 Å². The number of carbonyl (C=O) groups excluding carboxylic acids is 1. The van der Waals surface area contributed by atoms with Crippen molar-refractivity contribution in [2.24, 2.45) is 0 Å². The molecule has 3 aromatic rings. The molecule has 6 nitrogen and oxygen atoms in total. The molecule has 1 unspecified atom stereocenters. The van der Waals surface area contributed by atoms with Crippen LogP contribution in [0.15, 0.2) is 51.1 Å². The summed E-state index contributed by atoms with van der Waals surface area (Å²) in [6, 6.07) is 8.73. The minimum Gasteiger partial charge on any atom is -0.422 e. The van der Waals surface area contributed by atoms with Crippen molar-refractivity contribution in [1.82, 2.24) is 10.3 Å². The molecule has 2 aromatic heterocycles. The number of hydrogen-bond donors (Lipinski definition) is 1. The molecule has 3 heterocycles. The van der Waals surface area contributed by atoms with Crippen LogP contribution >= 0.6 is 11.3 Å². The molecule has 1 fully saturated rings. The van der Waals surface area contributed by atoms with Crippen molar-refractivity contribution >= 4 is 33.3 Å². The lowest BCUT2D eigenvalue weighted by Crippen LogP contribution is -2.38. The zero-order valence-corrected chi connectivity index (χ0v) is 13.6. The lowest BCUT2D eigenvalue weighted by atomic mass is 10.1. The first-order chi connectivity index (χ1) is 11.7. The Hall–Kier alpha value is -2.67. The molecular weight excluding hydrogens is 326 g/mol. The summed E-state index contributed by atoms with van der Waals surface area (Å²) in [5, 5.41) is 6.55. The first-order valence-electron chi connectivity index (χ1n) is 7.69. The quantitative estimate of drug-likeness (QED) is 0.740. The van der Waals surface area contributed by atoms with Crippen molar-refractivity contribution in [3.63, 3.8) is 0 Å². The van der Waals surface area contributed by atoms with Gasteiger partial charge in [0.1, 0.15) is 11.1 Å². The fraction of sp³-hybridized carbons (Fsp3) is 0.235. The zero-order chi connectivity index (χ0) is 16.5. The molecule has 1 aromatic carbocycles. The number of carbonyl (C=O) groups is 1. The van der Waals surface area contributed by atoms with E-state index in [1.807, 2.05) is 17.5 Å². The van der Waals surface area contributed by atoms with Gasteiger partial charge in [0, 0.05) is 36.1 Å². The van der Waals surface area contributed by atoms with Crippen LogP contribution in [0.4, 0.5) is 5.13 Å². The lowest BCUT2D eigenvalue weighted by molar-refractivity contribution is 0.0937. The monoisotopic (exact) mass is 341 g/mol. The van der Waals surface area contributed by atoms with E-state index in [2.05, 4.69) is 15.2 Å². The van der Waals surface area contributed by atoms with Crippen LogP contribution in [-0.4, -0.2) is 30.0 Å². The molecule has 7 heteroatoms. The average Bonchev–Trinajstić information content (AvgIpc) is 3.25. The van der Waals surface area contributed by atoms with Gasteiger partial charge in [-0.1, -0.05) is 18.2 Å². The molecule has 1 aliphatic heterocycles. The second-order valence-electron chi connectivity index (χ2n) is 5.71. The number of thiazole rings is 1. The SMILES string of the molecule is O=C(NC1CCN(c2nccs2)C1)c1cc2ccccc2oc1=O. The highest BCUT2D eigenvalue weighted by Crippen LogP contribution is 2.22. The van der Waals surface area contributed by atoms with Crippen molar-refractivity contribution < 1.29 is 9.21 Å². The molecule has 122 valence electrons. The van der Waals surface area contributed by atoms with Crippen LogP contribution in [0.1, 0.15) is 16.8 Å². The van der Waals surface area contributed by atoms with Crippen LogP contribution in [0.3, 0.4) is 0 Å². The van der Waals surface area contributed by atoms with E-state index in [0.717, 1.165) is 23.5 Å². The number of aromatic nitrogens is 1. The molecule has 24 heavy (non-hydrogen) atoms. The van der Waals surface area contributed by atoms with Crippen LogP contribution in [0.5, 0.6) is 0 Å². The molecule has 0 spiro atoms. The second-order valence-corrected chi connectivity index (χ2v) is 6.58. The number of hydrogen-bond acceptors (Lipinski definition) is 6. The fourth-order valence-corrected chi connectivity index (χ4v) is 3.59. The Bertz CT molecular complexity index is 936. The Morgan fingerprint density at radius 3 is 3.08 bits per heavy atom. The molecule has 0 aliphatic carbocycles. The van der Waals surface area contributed by atoms with E-state index in [1.54, 1.807) is 35.7 Å². The summed E-state index contributed by atoms with van der Waals surface area (Å²) in [4.78, 5) is 30.9. The molecule has 1 amide bonds. The summed E-state index contributed by atoms with van der Waals surface area (Å²) < 4.78 is 5.22. The van der Waals surface area contributed by atoms with Gasteiger partial charge in [0.15, 0.2) is 5.13 Å². The van der Waals surface area contributed by atoms with E-state index < -0.39 is 5.63 Å². The maximum atomic E-state index is 12.5. The molecule has 1 saturated heterocycles. The summed E-state index contributed by atoms with van der Waals surface area (Å²) in [5.74, 6) is -0.388. The molecule has 1 atom stereocenters. The van der Waals surface area contributed by atoms with Crippen molar-refractivity contribution in [3.05, 3.63) is 57.9 Å². The summed E-state index contributed by atoms with van der Waals surface area (Å²) in [6.45, 7) is 1.53. The van der Waals surface area contributed by atoms with Crippen molar-refractivity contribution in [3.8, 4) is 0 Å². The molecule has 0 radical (unpaired) electrons. The Balaban J connectivity index is 1.51. The Morgan fingerprint density at radius 2 is 2.25 bits per heavy atom. The Morgan fingerprint density at radius 1 is 1.38 bits per heavy atom. The van der Waals surface area contributed by atoms with Crippen LogP contribution in [0.25, 0.3) is 11.0 Å². The van der Waals surface area contributed by atoms with Gasteiger partial charge in [-0.15, -0.1) is 11.3 Å². The predicted molar refractivity (Wildman–Crippen MR) is 92.7 cm³/mol. The molecule has 1 aliphatic rings. The fourth-order valence-electron chi connectivity index (χ4n) is 2.91. The highest BCUT2D eigenvalue weighted by Gasteiger charge is 2.26. The number of nitrogens with zero attached hydrogens (tertiary/aromatic N) is 2. The van der Waals surface area contributed by atoms with Gasteiger partial charge in [-0.2, -0.15) is 0 Å². The van der Waals surface area contributed by atoms with Gasteiger partial charge < -0.3 is 14.6 Å². The van der Waals surface area contributed by atoms with Crippen LogP contribution in [0, 0.1) is 0 Å². The molecule has 1 N–H and O–H groups in total. The third kappa shape index (κ3) is 2.78. The van der Waals surface area contributed by atoms with Gasteiger partial charge in [0.2, 0.25) is 0 Å². The molecule has 0 bridgehead atoms. The van der Waals surface area contributed by atoms with Crippen LogP contribution in [0.2, 0.25) is 0 Å². The topological polar surface area (TPSA) is 75.4 Å². The van der Waals surface area contributed by atoms with Gasteiger partial charge in [-0.05, 0) is 18.6 Å². The summed E-state index contributed by atoms with van der Waals surface area (Å²) in [5.41, 5.74) is -0.0859. The van der Waals surface area contributed by atoms with Gasteiger partial charge in [0.05, 0.1) is 0 Å². The number of amides is 1. The Kier molecular flexibility index (Phi) is 3.78. The highest BCUT2D eigenvalue weighted by atomic mass is 32.1. The van der Waals surface area contributed by atoms with Gasteiger partial charge in [-0.3, -0.25) is 4.79 Å². The van der Waals surface area contributed by atoms with Gasteiger partial charge >= 0.3 is 5.63 Å². The van der Waals surface area contributed by atoms with E-state index in [0.29, 0.717) is 12.1 Å². The normalized spacial score (nSPS) is 17.3. The largest absolute Gasteiger partial charge is 0.422 e. The van der Waals surface area contributed by atoms with E-state index >= 15 is 0 Å². The predicted octanol–water partition coefficient (Wildman–Crippen LogP) is 2.26. The molecule has 0 saturated carbocycles. The van der Waals surface area contributed by atoms with Crippen LogP contribution < -0.4 is 15.8 Å². The average molecular weight is 341 g/mol. The summed E-state index contributed by atoms with van der Waals surface area (Å²) in [6.07, 6.45) is 2.59. The van der Waals surface area contributed by atoms with Crippen molar-refractivity contribution in [2.45, 2.75) is 12.5 Å². The van der Waals surface area contributed by atoms with Gasteiger partial charge in [-0.25, -0.2) is 9.78 Å². The maximum Gasteiger partial charge on any atom is 0.349 e. The molecular formula is C17H15N3O3S. The summed E-state index contributed by atoms with van der Waals surface area (Å²) >= 11 is 1.58. The minimum atomic E-state index is -0.610. The smallest absolute Gasteiger partial charge is 0.349 e. The number of nitrogens with one attached hydrogen (secondary N) is 1. The Labute approximate surface area is 141 Å². The maximum absolute atomic E-state index is 12.5. The van der Waals surface area contributed by atoms with E-state index in [9.17, 15) is 9.59 Å². The zero-order valence-electron chi connectivity index (χ0n) is 12.8.